The van der Waals surface area contributed by atoms with Gasteiger partial charge in [-0.1, -0.05) is 12.1 Å². The Kier molecular flexibility index (Phi) is 3.13. The van der Waals surface area contributed by atoms with Crippen molar-refractivity contribution in [3.8, 4) is 5.75 Å². The molecular formula is C13H18N2O. The quantitative estimate of drug-likeness (QED) is 0.846. The average molecular weight is 218 g/mol. The van der Waals surface area contributed by atoms with E-state index in [0.29, 0.717) is 6.04 Å². The van der Waals surface area contributed by atoms with Gasteiger partial charge in [0, 0.05) is 13.0 Å². The van der Waals surface area contributed by atoms with Crippen molar-refractivity contribution in [3.05, 3.63) is 29.8 Å². The summed E-state index contributed by atoms with van der Waals surface area (Å²) in [4.78, 5) is 2.17. The van der Waals surface area contributed by atoms with E-state index in [4.69, 9.17) is 10.1 Å². The third-order valence-electron chi connectivity index (χ3n) is 3.23. The highest BCUT2D eigenvalue weighted by molar-refractivity contribution is 5.81. The van der Waals surface area contributed by atoms with Gasteiger partial charge in [0.25, 0.3) is 0 Å². The molecule has 1 saturated heterocycles. The monoisotopic (exact) mass is 218 g/mol. The molecule has 0 amide bonds. The number of rotatable bonds is 3. The van der Waals surface area contributed by atoms with E-state index in [1.807, 2.05) is 12.1 Å². The second-order valence-corrected chi connectivity index (χ2v) is 4.19. The first-order valence-electron chi connectivity index (χ1n) is 5.70. The minimum atomic E-state index is 0.293. The van der Waals surface area contributed by atoms with Gasteiger partial charge in [0.2, 0.25) is 0 Å². The van der Waals surface area contributed by atoms with Gasteiger partial charge in [-0.25, -0.2) is 0 Å². The Morgan fingerprint density at radius 2 is 2.00 bits per heavy atom. The van der Waals surface area contributed by atoms with E-state index in [1.165, 1.54) is 5.56 Å². The van der Waals surface area contributed by atoms with Crippen LogP contribution in [0.2, 0.25) is 0 Å². The number of ether oxygens (including phenoxy) is 1. The van der Waals surface area contributed by atoms with Gasteiger partial charge in [-0.15, -0.1) is 0 Å². The van der Waals surface area contributed by atoms with Crippen LogP contribution in [-0.4, -0.2) is 24.4 Å². The summed E-state index contributed by atoms with van der Waals surface area (Å²) in [5.41, 5.74) is 1.24. The Labute approximate surface area is 96.5 Å². The summed E-state index contributed by atoms with van der Waals surface area (Å²) in [5.74, 6) is 1.65. The molecule has 0 spiro atoms. The molecule has 2 rings (SSSR count). The van der Waals surface area contributed by atoms with E-state index in [1.54, 1.807) is 7.11 Å². The first-order valence-corrected chi connectivity index (χ1v) is 5.70. The summed E-state index contributed by atoms with van der Waals surface area (Å²) >= 11 is 0. The van der Waals surface area contributed by atoms with Crippen LogP contribution in [0.1, 0.15) is 31.4 Å². The van der Waals surface area contributed by atoms with Crippen LogP contribution in [0.4, 0.5) is 0 Å². The van der Waals surface area contributed by atoms with Gasteiger partial charge in [0.15, 0.2) is 0 Å². The lowest BCUT2D eigenvalue weighted by molar-refractivity contribution is 0.361. The molecule has 0 saturated carbocycles. The molecule has 1 aromatic rings. The Morgan fingerprint density at radius 3 is 2.50 bits per heavy atom. The molecule has 1 fully saturated rings. The minimum Gasteiger partial charge on any atom is -0.497 e. The molecule has 3 nitrogen and oxygen atoms in total. The lowest BCUT2D eigenvalue weighted by Gasteiger charge is -2.26. The Bertz CT molecular complexity index is 372. The van der Waals surface area contributed by atoms with Crippen LogP contribution in [0, 0.1) is 5.41 Å². The van der Waals surface area contributed by atoms with E-state index in [9.17, 15) is 0 Å². The number of hydrogen-bond donors (Lipinski definition) is 1. The van der Waals surface area contributed by atoms with E-state index in [-0.39, 0.29) is 0 Å². The van der Waals surface area contributed by atoms with E-state index >= 15 is 0 Å². The van der Waals surface area contributed by atoms with Crippen molar-refractivity contribution in [1.29, 1.82) is 5.41 Å². The molecule has 1 atom stereocenters. The Morgan fingerprint density at radius 1 is 1.31 bits per heavy atom. The zero-order chi connectivity index (χ0) is 11.5. The SMILES string of the molecule is COc1ccc(C(C)N2CCCC2=N)cc1. The van der Waals surface area contributed by atoms with Gasteiger partial charge in [0.1, 0.15) is 5.75 Å². The standard InChI is InChI=1S/C13H18N2O/c1-10(15-9-3-4-13(15)14)11-5-7-12(16-2)8-6-11/h5-8,10,14H,3-4,9H2,1-2H3. The van der Waals surface area contributed by atoms with Gasteiger partial charge in [0.05, 0.1) is 19.0 Å². The van der Waals surface area contributed by atoms with Crippen LogP contribution in [0.3, 0.4) is 0 Å². The molecule has 0 aliphatic carbocycles. The summed E-state index contributed by atoms with van der Waals surface area (Å²) in [6.07, 6.45) is 2.03. The topological polar surface area (TPSA) is 36.3 Å². The number of nitrogens with zero attached hydrogens (tertiary/aromatic N) is 1. The van der Waals surface area contributed by atoms with Gasteiger partial charge >= 0.3 is 0 Å². The fraction of sp³-hybridized carbons (Fsp3) is 0.462. The number of likely N-dealkylation sites (tertiary alicyclic amines) is 1. The fourth-order valence-electron chi connectivity index (χ4n) is 2.19. The highest BCUT2D eigenvalue weighted by Crippen LogP contribution is 2.26. The number of benzene rings is 1. The summed E-state index contributed by atoms with van der Waals surface area (Å²) in [7, 11) is 1.68. The highest BCUT2D eigenvalue weighted by atomic mass is 16.5. The molecule has 1 heterocycles. The first kappa shape index (κ1) is 11.0. The lowest BCUT2D eigenvalue weighted by atomic mass is 10.1. The third kappa shape index (κ3) is 2.03. The maximum absolute atomic E-state index is 7.87. The van der Waals surface area contributed by atoms with Gasteiger partial charge in [-0.05, 0) is 31.0 Å². The molecule has 0 radical (unpaired) electrons. The predicted molar refractivity (Wildman–Crippen MR) is 65.1 cm³/mol. The molecule has 16 heavy (non-hydrogen) atoms. The average Bonchev–Trinajstić information content (AvgIpc) is 2.75. The van der Waals surface area contributed by atoms with Crippen LogP contribution in [-0.2, 0) is 0 Å². The molecule has 1 aliphatic rings. The van der Waals surface area contributed by atoms with Crippen LogP contribution in [0.15, 0.2) is 24.3 Å². The van der Waals surface area contributed by atoms with Gasteiger partial charge < -0.3 is 9.64 Å². The Balaban J connectivity index is 2.13. The van der Waals surface area contributed by atoms with Crippen molar-refractivity contribution >= 4 is 5.84 Å². The molecule has 1 aliphatic heterocycles. The molecular weight excluding hydrogens is 200 g/mol. The molecule has 3 heteroatoms. The van der Waals surface area contributed by atoms with Crippen molar-refractivity contribution in [2.45, 2.75) is 25.8 Å². The molecule has 1 aromatic carbocycles. The predicted octanol–water partition coefficient (Wildman–Crippen LogP) is 2.83. The van der Waals surface area contributed by atoms with Crippen LogP contribution >= 0.6 is 0 Å². The Hall–Kier alpha value is -1.51. The van der Waals surface area contributed by atoms with Crippen molar-refractivity contribution in [3.63, 3.8) is 0 Å². The van der Waals surface area contributed by atoms with Crippen molar-refractivity contribution in [1.82, 2.24) is 4.90 Å². The smallest absolute Gasteiger partial charge is 0.118 e. The lowest BCUT2D eigenvalue weighted by Crippen LogP contribution is -2.27. The van der Waals surface area contributed by atoms with Crippen molar-refractivity contribution in [2.75, 3.05) is 13.7 Å². The van der Waals surface area contributed by atoms with Crippen LogP contribution < -0.4 is 4.74 Å². The largest absolute Gasteiger partial charge is 0.497 e. The second kappa shape index (κ2) is 4.56. The summed E-state index contributed by atoms with van der Waals surface area (Å²) in [5, 5.41) is 7.87. The summed E-state index contributed by atoms with van der Waals surface area (Å²) in [6.45, 7) is 3.16. The van der Waals surface area contributed by atoms with Crippen LogP contribution in [0.5, 0.6) is 5.75 Å². The maximum atomic E-state index is 7.87. The zero-order valence-electron chi connectivity index (χ0n) is 9.86. The van der Waals surface area contributed by atoms with E-state index < -0.39 is 0 Å². The normalized spacial score (nSPS) is 17.6. The number of amidine groups is 1. The highest BCUT2D eigenvalue weighted by Gasteiger charge is 2.22. The molecule has 1 unspecified atom stereocenters. The fourth-order valence-corrected chi connectivity index (χ4v) is 2.19. The van der Waals surface area contributed by atoms with Crippen LogP contribution in [0.25, 0.3) is 0 Å². The molecule has 1 N–H and O–H groups in total. The first-order chi connectivity index (χ1) is 7.72. The van der Waals surface area contributed by atoms with Crippen molar-refractivity contribution in [2.24, 2.45) is 0 Å². The summed E-state index contributed by atoms with van der Waals surface area (Å²) < 4.78 is 5.14. The maximum Gasteiger partial charge on any atom is 0.118 e. The zero-order valence-corrected chi connectivity index (χ0v) is 9.86. The second-order valence-electron chi connectivity index (χ2n) is 4.19. The third-order valence-corrected chi connectivity index (χ3v) is 3.23. The van der Waals surface area contributed by atoms with Gasteiger partial charge in [-0.3, -0.25) is 5.41 Å². The van der Waals surface area contributed by atoms with Gasteiger partial charge in [-0.2, -0.15) is 0 Å². The van der Waals surface area contributed by atoms with Crippen molar-refractivity contribution < 1.29 is 4.74 Å². The molecule has 86 valence electrons. The molecule has 0 bridgehead atoms. The van der Waals surface area contributed by atoms with E-state index in [2.05, 4.69) is 24.0 Å². The summed E-state index contributed by atoms with van der Waals surface area (Å²) in [6, 6.07) is 8.40. The van der Waals surface area contributed by atoms with E-state index in [0.717, 1.165) is 31.0 Å². The molecule has 0 aromatic heterocycles. The number of hydrogen-bond acceptors (Lipinski definition) is 2. The number of methoxy groups -OCH3 is 1. The minimum absolute atomic E-state index is 0.293. The number of nitrogens with one attached hydrogen (secondary N) is 1.